The minimum Gasteiger partial charge on any atom is -0.462 e. The van der Waals surface area contributed by atoms with Crippen LogP contribution in [0.3, 0.4) is 0 Å². The summed E-state index contributed by atoms with van der Waals surface area (Å²) >= 11 is 0. The lowest BCUT2D eigenvalue weighted by Gasteiger charge is -2.18. The molecule has 0 spiro atoms. The second-order valence-corrected chi connectivity index (χ2v) is 22.0. The molecule has 468 valence electrons. The van der Waals surface area contributed by atoms with Gasteiger partial charge in [-0.05, 0) is 148 Å². The smallest absolute Gasteiger partial charge is 0.306 e. The highest BCUT2D eigenvalue weighted by Crippen LogP contribution is 2.15. The van der Waals surface area contributed by atoms with Gasteiger partial charge in [-0.1, -0.05) is 281 Å². The van der Waals surface area contributed by atoms with Crippen molar-refractivity contribution in [2.45, 2.75) is 297 Å². The van der Waals surface area contributed by atoms with Crippen LogP contribution in [0.4, 0.5) is 0 Å². The average molecular weight is 1150 g/mol. The molecular weight excluding hydrogens is 1020 g/mol. The molecule has 6 heteroatoms. The number of hydrogen-bond donors (Lipinski definition) is 0. The van der Waals surface area contributed by atoms with Crippen LogP contribution < -0.4 is 0 Å². The summed E-state index contributed by atoms with van der Waals surface area (Å²) in [6.07, 6.45) is 101. The number of carbonyl (C=O) groups is 3. The molecule has 0 aromatic rings. The van der Waals surface area contributed by atoms with Crippen molar-refractivity contribution in [3.8, 4) is 0 Å². The SMILES string of the molecule is CC/C=C\C/C=C\C/C=C\C/C=C\C/C=C\C/C=C\CCCCCCCCC(=O)OCC(COC(=O)CCCC/C=C\C/C=C\C/C=C\C/C=C\CC)OC(=O)CCCCCCCCCCCC/C=C\C/C=C\C/C=C\CCCCCCC. The van der Waals surface area contributed by atoms with Crippen LogP contribution in [-0.2, 0) is 28.6 Å². The third kappa shape index (κ3) is 67.7. The van der Waals surface area contributed by atoms with Crippen LogP contribution in [0.2, 0.25) is 0 Å². The van der Waals surface area contributed by atoms with Crippen molar-refractivity contribution in [2.75, 3.05) is 13.2 Å². The van der Waals surface area contributed by atoms with Gasteiger partial charge in [-0.15, -0.1) is 0 Å². The van der Waals surface area contributed by atoms with Crippen molar-refractivity contribution < 1.29 is 28.6 Å². The van der Waals surface area contributed by atoms with E-state index >= 15 is 0 Å². The topological polar surface area (TPSA) is 78.9 Å². The highest BCUT2D eigenvalue weighted by atomic mass is 16.6. The van der Waals surface area contributed by atoms with Crippen molar-refractivity contribution in [1.82, 2.24) is 0 Å². The molecule has 6 nitrogen and oxygen atoms in total. The minimum atomic E-state index is -0.814. The Morgan fingerprint density at radius 1 is 0.253 bits per heavy atom. The van der Waals surface area contributed by atoms with Gasteiger partial charge >= 0.3 is 17.9 Å². The zero-order chi connectivity index (χ0) is 59.9. The van der Waals surface area contributed by atoms with Gasteiger partial charge in [0.05, 0.1) is 0 Å². The van der Waals surface area contributed by atoms with Crippen LogP contribution in [0.25, 0.3) is 0 Å². The van der Waals surface area contributed by atoms with E-state index in [2.05, 4.69) is 179 Å². The van der Waals surface area contributed by atoms with Gasteiger partial charge in [-0.25, -0.2) is 0 Å². The average Bonchev–Trinajstić information content (AvgIpc) is 3.49. The molecule has 0 N–H and O–H groups in total. The Hall–Kier alpha value is -4.97. The zero-order valence-corrected chi connectivity index (χ0v) is 53.7. The highest BCUT2D eigenvalue weighted by Gasteiger charge is 2.19. The largest absolute Gasteiger partial charge is 0.462 e. The van der Waals surface area contributed by atoms with Gasteiger partial charge in [0.2, 0.25) is 0 Å². The number of allylic oxidation sites excluding steroid dienone is 26. The molecule has 0 radical (unpaired) electrons. The van der Waals surface area contributed by atoms with Gasteiger partial charge in [0.1, 0.15) is 13.2 Å². The molecule has 0 aliphatic rings. The summed E-state index contributed by atoms with van der Waals surface area (Å²) in [5, 5.41) is 0. The van der Waals surface area contributed by atoms with E-state index in [4.69, 9.17) is 14.2 Å². The van der Waals surface area contributed by atoms with E-state index in [1.165, 1.54) is 103 Å². The monoisotopic (exact) mass is 1140 g/mol. The first-order chi connectivity index (χ1) is 41.0. The fraction of sp³-hybridized carbons (Fsp3) is 0.623. The van der Waals surface area contributed by atoms with Crippen LogP contribution in [0, 0.1) is 0 Å². The molecule has 0 aliphatic heterocycles. The molecule has 0 aromatic heterocycles. The van der Waals surface area contributed by atoms with Crippen molar-refractivity contribution in [3.63, 3.8) is 0 Å². The van der Waals surface area contributed by atoms with Gasteiger partial charge < -0.3 is 14.2 Å². The van der Waals surface area contributed by atoms with E-state index < -0.39 is 6.10 Å². The molecule has 0 rings (SSSR count). The van der Waals surface area contributed by atoms with Crippen molar-refractivity contribution in [1.29, 1.82) is 0 Å². The molecule has 83 heavy (non-hydrogen) atoms. The summed E-state index contributed by atoms with van der Waals surface area (Å²) in [7, 11) is 0. The normalized spacial score (nSPS) is 13.1. The molecular formula is C77H124O6. The summed E-state index contributed by atoms with van der Waals surface area (Å²) < 4.78 is 16.9. The quantitative estimate of drug-likeness (QED) is 0.0261. The summed E-state index contributed by atoms with van der Waals surface area (Å²) in [4.78, 5) is 38.4. The van der Waals surface area contributed by atoms with Crippen LogP contribution in [-0.4, -0.2) is 37.2 Å². The van der Waals surface area contributed by atoms with E-state index in [-0.39, 0.29) is 31.1 Å². The predicted octanol–water partition coefficient (Wildman–Crippen LogP) is 23.7. The van der Waals surface area contributed by atoms with E-state index in [9.17, 15) is 14.4 Å². The summed E-state index contributed by atoms with van der Waals surface area (Å²) in [6, 6.07) is 0. The second-order valence-electron chi connectivity index (χ2n) is 22.0. The molecule has 0 heterocycles. The first kappa shape index (κ1) is 78.0. The van der Waals surface area contributed by atoms with Gasteiger partial charge in [0.25, 0.3) is 0 Å². The number of unbranched alkanes of at least 4 members (excludes halogenated alkanes) is 23. The lowest BCUT2D eigenvalue weighted by atomic mass is 10.0. The van der Waals surface area contributed by atoms with Crippen molar-refractivity contribution in [3.05, 3.63) is 158 Å². The Kier molecular flexibility index (Phi) is 65.4. The summed E-state index contributed by atoms with van der Waals surface area (Å²) in [6.45, 7) is 6.36. The zero-order valence-electron chi connectivity index (χ0n) is 53.7. The van der Waals surface area contributed by atoms with E-state index in [0.717, 1.165) is 141 Å². The first-order valence-electron chi connectivity index (χ1n) is 34.0. The molecule has 0 fully saturated rings. The number of ether oxygens (including phenoxy) is 3. The van der Waals surface area contributed by atoms with Crippen LogP contribution in [0.5, 0.6) is 0 Å². The Labute approximate surface area is 511 Å². The number of rotatable bonds is 60. The van der Waals surface area contributed by atoms with E-state index in [1.807, 2.05) is 0 Å². The van der Waals surface area contributed by atoms with Crippen molar-refractivity contribution >= 4 is 17.9 Å². The third-order valence-electron chi connectivity index (χ3n) is 14.0. The van der Waals surface area contributed by atoms with Crippen molar-refractivity contribution in [2.24, 2.45) is 0 Å². The van der Waals surface area contributed by atoms with E-state index in [1.54, 1.807) is 0 Å². The number of hydrogen-bond acceptors (Lipinski definition) is 6. The lowest BCUT2D eigenvalue weighted by molar-refractivity contribution is -0.167. The van der Waals surface area contributed by atoms with Gasteiger partial charge in [0, 0.05) is 19.3 Å². The van der Waals surface area contributed by atoms with Gasteiger partial charge in [0.15, 0.2) is 6.10 Å². The maximum Gasteiger partial charge on any atom is 0.306 e. The van der Waals surface area contributed by atoms with Crippen LogP contribution in [0.1, 0.15) is 290 Å². The highest BCUT2D eigenvalue weighted by molar-refractivity contribution is 5.71. The van der Waals surface area contributed by atoms with Crippen LogP contribution >= 0.6 is 0 Å². The van der Waals surface area contributed by atoms with Gasteiger partial charge in [-0.2, -0.15) is 0 Å². The molecule has 0 amide bonds. The fourth-order valence-corrected chi connectivity index (χ4v) is 8.97. The number of esters is 3. The summed E-state index contributed by atoms with van der Waals surface area (Å²) in [5.41, 5.74) is 0. The Morgan fingerprint density at radius 2 is 0.470 bits per heavy atom. The molecule has 0 bridgehead atoms. The predicted molar refractivity (Wildman–Crippen MR) is 362 cm³/mol. The van der Waals surface area contributed by atoms with Gasteiger partial charge in [-0.3, -0.25) is 14.4 Å². The molecule has 1 unspecified atom stereocenters. The minimum absolute atomic E-state index is 0.107. The Balaban J connectivity index is 4.45. The van der Waals surface area contributed by atoms with Crippen LogP contribution in [0.15, 0.2) is 158 Å². The number of carbonyl (C=O) groups excluding carboxylic acids is 3. The standard InChI is InChI=1S/C77H124O6/c1-4-7-10-13-16-19-22-25-28-30-32-34-36-38-40-42-44-46-49-52-55-58-61-64-67-70-76(79)82-73-74(72-81-75(78)69-66-63-60-57-54-51-48-27-24-21-18-15-12-9-6-3)83-77(80)71-68-65-62-59-56-53-50-47-45-43-41-39-37-35-33-31-29-26-23-20-17-14-11-8-5-2/h7,9-10,12,16,18-19,21,23,25-28,31-34,37-40,44,46,48,54,57,74H,4-6,8,11,13-15,17,20,22,24,29-30,35-36,41-43,45,47,49-53,55-56,58-73H2,1-3H3/b10-7-,12-9-,19-16-,21-18-,26-23-,28-25-,33-31-,34-32-,39-37-,40-38-,46-44-,48-27-,57-54-. The maximum atomic E-state index is 13.0. The lowest BCUT2D eigenvalue weighted by Crippen LogP contribution is -2.30. The molecule has 0 aromatic carbocycles. The first-order valence-corrected chi connectivity index (χ1v) is 34.0. The summed E-state index contributed by atoms with van der Waals surface area (Å²) in [5.74, 6) is -0.966. The van der Waals surface area contributed by atoms with E-state index in [0.29, 0.717) is 25.7 Å². The third-order valence-corrected chi connectivity index (χ3v) is 14.0. The molecule has 0 saturated heterocycles. The Bertz CT molecular complexity index is 1840. The Morgan fingerprint density at radius 3 is 0.759 bits per heavy atom. The fourth-order valence-electron chi connectivity index (χ4n) is 8.97. The second kappa shape index (κ2) is 69.5. The maximum absolute atomic E-state index is 13.0. The molecule has 1 atom stereocenters. The molecule has 0 aliphatic carbocycles. The molecule has 0 saturated carbocycles.